The molecule has 8 heteroatoms. The van der Waals surface area contributed by atoms with Gasteiger partial charge < -0.3 is 33.2 Å². The van der Waals surface area contributed by atoms with Crippen molar-refractivity contribution in [3.05, 3.63) is 113 Å². The molecule has 0 fully saturated rings. The Hall–Kier alpha value is -4.53. The molecule has 42 heavy (non-hydrogen) atoms. The first-order chi connectivity index (χ1) is 20.5. The largest absolute Gasteiger partial charge is 0.497 e. The van der Waals surface area contributed by atoms with Gasteiger partial charge in [0.1, 0.15) is 30.3 Å². The summed E-state index contributed by atoms with van der Waals surface area (Å²) in [5.74, 6) is 0.524. The summed E-state index contributed by atoms with van der Waals surface area (Å²) in [5, 5.41) is 0. The van der Waals surface area contributed by atoms with E-state index in [-0.39, 0.29) is 41.8 Å². The quantitative estimate of drug-likeness (QED) is 0.119. The molecule has 1 unspecified atom stereocenters. The fourth-order valence-corrected chi connectivity index (χ4v) is 4.67. The number of ketones is 1. The van der Waals surface area contributed by atoms with Crippen molar-refractivity contribution >= 4 is 5.78 Å². The zero-order chi connectivity index (χ0) is 29.9. The van der Waals surface area contributed by atoms with E-state index in [0.29, 0.717) is 17.1 Å². The van der Waals surface area contributed by atoms with Crippen LogP contribution in [0.1, 0.15) is 33.0 Å². The Morgan fingerprint density at radius 2 is 1.14 bits per heavy atom. The summed E-state index contributed by atoms with van der Waals surface area (Å²) in [5.41, 5.74) is 2.73. The molecule has 4 aromatic carbocycles. The lowest BCUT2D eigenvalue weighted by Gasteiger charge is -2.27. The van der Waals surface area contributed by atoms with E-state index >= 15 is 0 Å². The maximum absolute atomic E-state index is 14.6. The topological polar surface area (TPSA) is 81.7 Å². The van der Waals surface area contributed by atoms with Crippen molar-refractivity contribution in [2.45, 2.75) is 25.4 Å². The van der Waals surface area contributed by atoms with Crippen molar-refractivity contribution in [1.29, 1.82) is 0 Å². The first-order valence-corrected chi connectivity index (χ1v) is 13.4. The Balaban J connectivity index is 1.84. The van der Waals surface area contributed by atoms with Crippen molar-refractivity contribution in [1.82, 2.24) is 0 Å². The van der Waals surface area contributed by atoms with E-state index in [0.717, 1.165) is 11.1 Å². The van der Waals surface area contributed by atoms with Crippen LogP contribution in [0.2, 0.25) is 0 Å². The maximum atomic E-state index is 14.6. The van der Waals surface area contributed by atoms with Crippen LogP contribution in [0, 0.1) is 0 Å². The first kappa shape index (κ1) is 30.4. The number of methoxy groups -OCH3 is 5. The van der Waals surface area contributed by atoms with Gasteiger partial charge in [-0.25, -0.2) is 0 Å². The minimum absolute atomic E-state index is 0.178. The maximum Gasteiger partial charge on any atom is 0.204 e. The Bertz CT molecular complexity index is 1420. The zero-order valence-corrected chi connectivity index (χ0v) is 24.5. The summed E-state index contributed by atoms with van der Waals surface area (Å²) >= 11 is 0. The highest BCUT2D eigenvalue weighted by molar-refractivity contribution is 6.07. The van der Waals surface area contributed by atoms with Crippen molar-refractivity contribution in [2.75, 3.05) is 35.5 Å². The van der Waals surface area contributed by atoms with E-state index in [9.17, 15) is 4.79 Å². The second-order valence-electron chi connectivity index (χ2n) is 9.32. The van der Waals surface area contributed by atoms with Gasteiger partial charge in [0, 0.05) is 20.3 Å². The monoisotopic (exact) mass is 572 g/mol. The molecule has 1 atom stereocenters. The number of carbonyl (C=O) groups is 1. The summed E-state index contributed by atoms with van der Waals surface area (Å²) in [6.07, 6.45) is -0.905. The fraction of sp³-hybridized carbons (Fsp3) is 0.265. The van der Waals surface area contributed by atoms with Crippen LogP contribution in [-0.4, -0.2) is 47.6 Å². The minimum atomic E-state index is -0.905. The molecule has 8 nitrogen and oxygen atoms in total. The number of carbonyl (C=O) groups excluding carboxylic acids is 1. The van der Waals surface area contributed by atoms with E-state index < -0.39 is 12.2 Å². The molecule has 0 N–H and O–H groups in total. The third kappa shape index (κ3) is 7.02. The van der Waals surface area contributed by atoms with Crippen molar-refractivity contribution in [3.63, 3.8) is 0 Å². The van der Waals surface area contributed by atoms with Crippen LogP contribution in [-0.2, 0) is 22.7 Å². The molecule has 4 rings (SSSR count). The van der Waals surface area contributed by atoms with E-state index in [1.807, 2.05) is 60.7 Å². The van der Waals surface area contributed by atoms with Gasteiger partial charge in [-0.3, -0.25) is 4.79 Å². The molecule has 0 saturated heterocycles. The Labute approximate surface area is 246 Å². The predicted molar refractivity (Wildman–Crippen MR) is 159 cm³/mol. The van der Waals surface area contributed by atoms with Crippen LogP contribution in [0.25, 0.3) is 0 Å². The highest BCUT2D eigenvalue weighted by Gasteiger charge is 2.37. The average molecular weight is 573 g/mol. The standard InChI is InChI=1S/C34H36O8/c1-36-26-18-16-25(17-19-26)29(34(39-4)40-5)31(35)30-27(41-21-23-12-8-6-9-13-23)20-28(32(37-2)33(30)38-3)42-22-24-14-10-7-11-15-24/h6-20,29,34H,21-22H2,1-5H3. The molecule has 0 saturated carbocycles. The number of rotatable bonds is 15. The summed E-state index contributed by atoms with van der Waals surface area (Å²) in [6.45, 7) is 0.482. The number of ether oxygens (including phenoxy) is 7. The van der Waals surface area contributed by atoms with Crippen LogP contribution in [0.3, 0.4) is 0 Å². The van der Waals surface area contributed by atoms with Gasteiger partial charge in [-0.05, 0) is 28.8 Å². The highest BCUT2D eigenvalue weighted by Crippen LogP contribution is 2.48. The predicted octanol–water partition coefficient (Wildman–Crippen LogP) is 6.46. The van der Waals surface area contributed by atoms with Gasteiger partial charge in [0.2, 0.25) is 5.75 Å². The lowest BCUT2D eigenvalue weighted by Crippen LogP contribution is -2.30. The number of benzene rings is 4. The SMILES string of the molecule is COc1ccc(C(C(=O)c2c(OCc3ccccc3)cc(OCc3ccccc3)c(OC)c2OC)C(OC)OC)cc1. The lowest BCUT2D eigenvalue weighted by molar-refractivity contribution is -0.110. The van der Waals surface area contributed by atoms with E-state index in [1.54, 1.807) is 37.4 Å². The third-order valence-electron chi connectivity index (χ3n) is 6.79. The van der Waals surface area contributed by atoms with Crippen molar-refractivity contribution in [2.24, 2.45) is 0 Å². The molecular weight excluding hydrogens is 536 g/mol. The van der Waals surface area contributed by atoms with Gasteiger partial charge >= 0.3 is 0 Å². The third-order valence-corrected chi connectivity index (χ3v) is 6.79. The summed E-state index contributed by atoms with van der Waals surface area (Å²) in [6, 6.07) is 28.2. The fourth-order valence-electron chi connectivity index (χ4n) is 4.67. The second-order valence-corrected chi connectivity index (χ2v) is 9.32. The second kappa shape index (κ2) is 14.9. The minimum Gasteiger partial charge on any atom is -0.497 e. The Kier molecular flexibility index (Phi) is 10.8. The molecule has 4 aromatic rings. The molecule has 0 radical (unpaired) electrons. The molecule has 0 aromatic heterocycles. The van der Waals surface area contributed by atoms with Gasteiger partial charge in [0.05, 0.1) is 27.2 Å². The van der Waals surface area contributed by atoms with Crippen molar-refractivity contribution in [3.8, 4) is 28.7 Å². The molecule has 0 bridgehead atoms. The smallest absolute Gasteiger partial charge is 0.204 e. The Morgan fingerprint density at radius 3 is 1.62 bits per heavy atom. The number of hydrogen-bond donors (Lipinski definition) is 0. The Morgan fingerprint density at radius 1 is 0.619 bits per heavy atom. The van der Waals surface area contributed by atoms with E-state index in [1.165, 1.54) is 28.4 Å². The van der Waals surface area contributed by atoms with E-state index in [2.05, 4.69) is 0 Å². The highest BCUT2D eigenvalue weighted by atomic mass is 16.7. The zero-order valence-electron chi connectivity index (χ0n) is 24.5. The van der Waals surface area contributed by atoms with Gasteiger partial charge in [-0.2, -0.15) is 0 Å². The van der Waals surface area contributed by atoms with Crippen LogP contribution in [0.15, 0.2) is 91.0 Å². The number of Topliss-reactive ketones (excluding diaryl/α,β-unsaturated/α-hetero) is 1. The lowest BCUT2D eigenvalue weighted by atomic mass is 9.88. The van der Waals surface area contributed by atoms with Gasteiger partial charge in [-0.15, -0.1) is 0 Å². The molecule has 220 valence electrons. The average Bonchev–Trinajstić information content (AvgIpc) is 3.05. The van der Waals surface area contributed by atoms with Gasteiger partial charge in [-0.1, -0.05) is 72.8 Å². The van der Waals surface area contributed by atoms with Crippen LogP contribution >= 0.6 is 0 Å². The van der Waals surface area contributed by atoms with Gasteiger partial charge in [0.25, 0.3) is 0 Å². The van der Waals surface area contributed by atoms with Crippen molar-refractivity contribution < 1.29 is 38.0 Å². The summed E-state index contributed by atoms with van der Waals surface area (Å²) < 4.78 is 40.6. The van der Waals surface area contributed by atoms with Gasteiger partial charge in [0.15, 0.2) is 23.6 Å². The first-order valence-electron chi connectivity index (χ1n) is 13.4. The van der Waals surface area contributed by atoms with E-state index in [4.69, 9.17) is 33.2 Å². The normalized spacial score (nSPS) is 11.6. The molecule has 0 spiro atoms. The van der Waals surface area contributed by atoms with Crippen LogP contribution in [0.5, 0.6) is 28.7 Å². The molecule has 0 amide bonds. The number of hydrogen-bond acceptors (Lipinski definition) is 8. The van der Waals surface area contributed by atoms with Crippen LogP contribution in [0.4, 0.5) is 0 Å². The van der Waals surface area contributed by atoms with Crippen LogP contribution < -0.4 is 23.7 Å². The summed E-state index contributed by atoms with van der Waals surface area (Å²) in [4.78, 5) is 14.6. The molecular formula is C34H36O8. The molecule has 0 aliphatic carbocycles. The molecule has 0 aliphatic heterocycles. The molecule has 0 aliphatic rings. The molecule has 0 heterocycles. The summed E-state index contributed by atoms with van der Waals surface area (Å²) in [7, 11) is 7.54.